The summed E-state index contributed by atoms with van der Waals surface area (Å²) in [5.74, 6) is 0.0888. The highest BCUT2D eigenvalue weighted by atomic mass is 16.3. The van der Waals surface area contributed by atoms with E-state index in [2.05, 4.69) is 0 Å². The fourth-order valence-corrected chi connectivity index (χ4v) is 3.50. The summed E-state index contributed by atoms with van der Waals surface area (Å²) >= 11 is 0. The lowest BCUT2D eigenvalue weighted by Gasteiger charge is -2.31. The Morgan fingerprint density at radius 2 is 1.83 bits per heavy atom. The van der Waals surface area contributed by atoms with Crippen molar-refractivity contribution in [1.82, 2.24) is 9.80 Å². The van der Waals surface area contributed by atoms with Gasteiger partial charge in [0.2, 0.25) is 5.91 Å². The van der Waals surface area contributed by atoms with Gasteiger partial charge in [-0.05, 0) is 51.4 Å². The molecular formula is C19H30N2O2. The van der Waals surface area contributed by atoms with Crippen molar-refractivity contribution in [3.05, 3.63) is 35.4 Å². The zero-order valence-electron chi connectivity index (χ0n) is 14.9. The first-order valence-electron chi connectivity index (χ1n) is 8.53. The molecule has 0 aliphatic heterocycles. The van der Waals surface area contributed by atoms with Gasteiger partial charge in [0, 0.05) is 13.6 Å². The number of amides is 1. The minimum atomic E-state index is -0.565. The maximum absolute atomic E-state index is 12.9. The third-order valence-electron chi connectivity index (χ3n) is 5.06. The van der Waals surface area contributed by atoms with Gasteiger partial charge in [0.1, 0.15) is 6.04 Å². The molecule has 0 spiro atoms. The van der Waals surface area contributed by atoms with Gasteiger partial charge in [-0.25, -0.2) is 0 Å². The molecule has 1 aliphatic rings. The van der Waals surface area contributed by atoms with Crippen LogP contribution in [0, 0.1) is 6.92 Å². The highest BCUT2D eigenvalue weighted by molar-refractivity contribution is 5.83. The van der Waals surface area contributed by atoms with Crippen LogP contribution >= 0.6 is 0 Å². The van der Waals surface area contributed by atoms with Crippen LogP contribution in [0.1, 0.15) is 49.3 Å². The molecule has 2 rings (SSSR count). The van der Waals surface area contributed by atoms with Crippen LogP contribution < -0.4 is 0 Å². The van der Waals surface area contributed by atoms with E-state index in [1.807, 2.05) is 57.2 Å². The normalized spacial score (nSPS) is 18.2. The molecule has 1 amide bonds. The summed E-state index contributed by atoms with van der Waals surface area (Å²) in [5, 5.41) is 10.5. The lowest BCUT2D eigenvalue weighted by atomic mass is 9.96. The Morgan fingerprint density at radius 3 is 2.39 bits per heavy atom. The number of carbonyl (C=O) groups is 1. The highest BCUT2D eigenvalue weighted by Crippen LogP contribution is 2.32. The summed E-state index contributed by atoms with van der Waals surface area (Å²) in [6, 6.07) is 7.76. The minimum absolute atomic E-state index is 0.0888. The van der Waals surface area contributed by atoms with E-state index in [1.165, 1.54) is 0 Å². The van der Waals surface area contributed by atoms with E-state index < -0.39 is 5.60 Å². The molecule has 0 saturated heterocycles. The Labute approximate surface area is 140 Å². The fraction of sp³-hybridized carbons (Fsp3) is 0.632. The van der Waals surface area contributed by atoms with Crippen molar-refractivity contribution in [2.24, 2.45) is 0 Å². The number of benzene rings is 1. The maximum Gasteiger partial charge on any atom is 0.244 e. The molecule has 1 atom stereocenters. The van der Waals surface area contributed by atoms with Crippen LogP contribution in [0.5, 0.6) is 0 Å². The molecule has 0 bridgehead atoms. The Hall–Kier alpha value is -1.39. The maximum atomic E-state index is 12.9. The molecular weight excluding hydrogens is 288 g/mol. The Morgan fingerprint density at radius 1 is 1.22 bits per heavy atom. The molecule has 0 radical (unpaired) electrons. The molecule has 1 unspecified atom stereocenters. The first-order valence-corrected chi connectivity index (χ1v) is 8.53. The molecule has 0 aromatic heterocycles. The van der Waals surface area contributed by atoms with Crippen molar-refractivity contribution in [2.75, 3.05) is 27.7 Å². The van der Waals surface area contributed by atoms with Crippen LogP contribution in [0.15, 0.2) is 24.3 Å². The lowest BCUT2D eigenvalue weighted by Crippen LogP contribution is -2.41. The van der Waals surface area contributed by atoms with Gasteiger partial charge in [-0.15, -0.1) is 0 Å². The topological polar surface area (TPSA) is 43.8 Å². The quantitative estimate of drug-likeness (QED) is 0.877. The van der Waals surface area contributed by atoms with Crippen LogP contribution in [-0.2, 0) is 4.79 Å². The van der Waals surface area contributed by atoms with Gasteiger partial charge in [0.15, 0.2) is 0 Å². The molecule has 4 heteroatoms. The third-order valence-corrected chi connectivity index (χ3v) is 5.06. The van der Waals surface area contributed by atoms with E-state index in [0.717, 1.165) is 36.8 Å². The molecule has 1 aromatic carbocycles. The van der Waals surface area contributed by atoms with Crippen LogP contribution in [0.25, 0.3) is 0 Å². The summed E-state index contributed by atoms with van der Waals surface area (Å²) < 4.78 is 0. The molecule has 4 nitrogen and oxygen atoms in total. The van der Waals surface area contributed by atoms with E-state index in [1.54, 1.807) is 4.90 Å². The van der Waals surface area contributed by atoms with Crippen molar-refractivity contribution in [3.8, 4) is 0 Å². The van der Waals surface area contributed by atoms with Crippen LogP contribution in [-0.4, -0.2) is 54.1 Å². The first kappa shape index (κ1) is 18.0. The van der Waals surface area contributed by atoms with E-state index >= 15 is 0 Å². The lowest BCUT2D eigenvalue weighted by molar-refractivity contribution is -0.135. The predicted octanol–water partition coefficient (Wildman–Crippen LogP) is 2.75. The van der Waals surface area contributed by atoms with E-state index in [-0.39, 0.29) is 11.9 Å². The van der Waals surface area contributed by atoms with Gasteiger partial charge in [0.25, 0.3) is 0 Å². The van der Waals surface area contributed by atoms with Crippen LogP contribution in [0.4, 0.5) is 0 Å². The minimum Gasteiger partial charge on any atom is -0.390 e. The van der Waals surface area contributed by atoms with Gasteiger partial charge in [-0.1, -0.05) is 37.1 Å². The molecule has 23 heavy (non-hydrogen) atoms. The molecule has 1 aliphatic carbocycles. The van der Waals surface area contributed by atoms with E-state index in [4.69, 9.17) is 0 Å². The van der Waals surface area contributed by atoms with E-state index in [9.17, 15) is 9.90 Å². The highest BCUT2D eigenvalue weighted by Gasteiger charge is 2.33. The number of likely N-dealkylation sites (N-methyl/N-ethyl adjacent to an activating group) is 2. The van der Waals surface area contributed by atoms with Crippen molar-refractivity contribution >= 4 is 5.91 Å². The number of aryl methyl sites for hydroxylation is 1. The third kappa shape index (κ3) is 4.33. The molecule has 1 N–H and O–H groups in total. The average Bonchev–Trinajstić information content (AvgIpc) is 2.94. The van der Waals surface area contributed by atoms with E-state index in [0.29, 0.717) is 13.0 Å². The van der Waals surface area contributed by atoms with Gasteiger partial charge < -0.3 is 10.0 Å². The van der Waals surface area contributed by atoms with Crippen molar-refractivity contribution in [1.29, 1.82) is 0 Å². The predicted molar refractivity (Wildman–Crippen MR) is 93.3 cm³/mol. The monoisotopic (exact) mass is 318 g/mol. The first-order chi connectivity index (χ1) is 10.8. The van der Waals surface area contributed by atoms with Crippen LogP contribution in [0.2, 0.25) is 0 Å². The summed E-state index contributed by atoms with van der Waals surface area (Å²) in [4.78, 5) is 16.7. The standard InChI is InChI=1S/C19H30N2O2/c1-15-9-5-6-10-16(15)17(20(2)3)18(22)21(4)14-13-19(23)11-7-8-12-19/h5-6,9-10,17,23H,7-8,11-14H2,1-4H3. The number of nitrogens with zero attached hydrogens (tertiary/aromatic N) is 2. The van der Waals surface area contributed by atoms with Gasteiger partial charge in [-0.2, -0.15) is 0 Å². The van der Waals surface area contributed by atoms with Crippen molar-refractivity contribution < 1.29 is 9.90 Å². The zero-order chi connectivity index (χ0) is 17.0. The molecule has 1 fully saturated rings. The summed E-state index contributed by atoms with van der Waals surface area (Å²) in [7, 11) is 5.72. The summed E-state index contributed by atoms with van der Waals surface area (Å²) in [6.07, 6.45) is 4.59. The summed E-state index contributed by atoms with van der Waals surface area (Å²) in [5.41, 5.74) is 1.61. The molecule has 1 aromatic rings. The summed E-state index contributed by atoms with van der Waals surface area (Å²) in [6.45, 7) is 2.64. The fourth-order valence-electron chi connectivity index (χ4n) is 3.50. The zero-order valence-corrected chi connectivity index (χ0v) is 14.9. The van der Waals surface area contributed by atoms with Gasteiger partial charge >= 0.3 is 0 Å². The Balaban J connectivity index is 2.07. The molecule has 128 valence electrons. The van der Waals surface area contributed by atoms with Crippen molar-refractivity contribution in [2.45, 2.75) is 50.7 Å². The number of hydrogen-bond donors (Lipinski definition) is 1. The smallest absolute Gasteiger partial charge is 0.244 e. The van der Waals surface area contributed by atoms with Crippen molar-refractivity contribution in [3.63, 3.8) is 0 Å². The second kappa shape index (κ2) is 7.45. The Bertz CT molecular complexity index is 536. The number of carbonyl (C=O) groups excluding carboxylic acids is 1. The second-order valence-corrected chi connectivity index (χ2v) is 7.16. The second-order valence-electron chi connectivity index (χ2n) is 7.16. The molecule has 0 heterocycles. The van der Waals surface area contributed by atoms with Gasteiger partial charge in [0.05, 0.1) is 5.60 Å². The number of aliphatic hydroxyl groups is 1. The average molecular weight is 318 g/mol. The SMILES string of the molecule is Cc1ccccc1C(C(=O)N(C)CCC1(O)CCCC1)N(C)C. The Kier molecular flexibility index (Phi) is 5.82. The molecule has 1 saturated carbocycles. The number of rotatable bonds is 6. The van der Waals surface area contributed by atoms with Gasteiger partial charge in [-0.3, -0.25) is 9.69 Å². The largest absolute Gasteiger partial charge is 0.390 e. The number of hydrogen-bond acceptors (Lipinski definition) is 3. The van der Waals surface area contributed by atoms with Crippen LogP contribution in [0.3, 0.4) is 0 Å².